The molecular formula is C13H22. The van der Waals surface area contributed by atoms with Crippen LogP contribution in [0.3, 0.4) is 0 Å². The minimum absolute atomic E-state index is 0.421. The summed E-state index contributed by atoms with van der Waals surface area (Å²) in [5, 5.41) is 0. The molecule has 0 aromatic carbocycles. The lowest BCUT2D eigenvalue weighted by Crippen LogP contribution is -2.23. The van der Waals surface area contributed by atoms with Crippen LogP contribution in [-0.2, 0) is 0 Å². The topological polar surface area (TPSA) is 0 Å². The summed E-state index contributed by atoms with van der Waals surface area (Å²) in [5.41, 5.74) is 0.421. The first-order chi connectivity index (χ1) is 6.19. The van der Waals surface area contributed by atoms with E-state index in [2.05, 4.69) is 45.1 Å². The van der Waals surface area contributed by atoms with Gasteiger partial charge < -0.3 is 0 Å². The Labute approximate surface area is 82.7 Å². The quantitative estimate of drug-likeness (QED) is 0.562. The van der Waals surface area contributed by atoms with Crippen LogP contribution in [0.5, 0.6) is 0 Å². The molecule has 0 aromatic heterocycles. The average molecular weight is 178 g/mol. The van der Waals surface area contributed by atoms with Crippen molar-refractivity contribution in [2.75, 3.05) is 0 Å². The van der Waals surface area contributed by atoms with Gasteiger partial charge in [-0.15, -0.1) is 0 Å². The highest BCUT2D eigenvalue weighted by atomic mass is 14.3. The van der Waals surface area contributed by atoms with E-state index in [1.54, 1.807) is 0 Å². The highest BCUT2D eigenvalue weighted by molar-refractivity contribution is 5.18. The van der Waals surface area contributed by atoms with Crippen LogP contribution in [0, 0.1) is 11.3 Å². The molecule has 0 radical (unpaired) electrons. The molecule has 0 bridgehead atoms. The molecule has 0 N–H and O–H groups in total. The molecule has 0 spiro atoms. The molecule has 0 saturated heterocycles. The minimum atomic E-state index is 0.421. The van der Waals surface area contributed by atoms with E-state index in [-0.39, 0.29) is 0 Å². The Hall–Kier alpha value is -0.520. The second-order valence-electron chi connectivity index (χ2n) is 4.50. The second kappa shape index (κ2) is 4.64. The van der Waals surface area contributed by atoms with Crippen LogP contribution in [-0.4, -0.2) is 0 Å². The van der Waals surface area contributed by atoms with E-state index in [0.29, 0.717) is 11.3 Å². The van der Waals surface area contributed by atoms with Crippen LogP contribution in [0.25, 0.3) is 0 Å². The van der Waals surface area contributed by atoms with Crippen molar-refractivity contribution in [3.8, 4) is 0 Å². The number of rotatable bonds is 4. The smallest absolute Gasteiger partial charge is 0.00832 e. The van der Waals surface area contributed by atoms with Gasteiger partial charge in [0.2, 0.25) is 0 Å². The Morgan fingerprint density at radius 1 is 1.23 bits per heavy atom. The van der Waals surface area contributed by atoms with Gasteiger partial charge in [0, 0.05) is 0 Å². The zero-order chi connectivity index (χ0) is 9.73. The summed E-state index contributed by atoms with van der Waals surface area (Å²) in [6, 6.07) is 0. The van der Waals surface area contributed by atoms with Crippen LogP contribution < -0.4 is 0 Å². The SMILES string of the molecule is CCCCCC1(C)C=CC=CC1C. The van der Waals surface area contributed by atoms with Crippen molar-refractivity contribution in [2.24, 2.45) is 11.3 Å². The summed E-state index contributed by atoms with van der Waals surface area (Å²) < 4.78 is 0. The number of hydrogen-bond acceptors (Lipinski definition) is 0. The van der Waals surface area contributed by atoms with Gasteiger partial charge in [0.1, 0.15) is 0 Å². The lowest BCUT2D eigenvalue weighted by Gasteiger charge is -2.33. The summed E-state index contributed by atoms with van der Waals surface area (Å²) in [5.74, 6) is 0.703. The van der Waals surface area contributed by atoms with Gasteiger partial charge in [-0.3, -0.25) is 0 Å². The molecule has 2 unspecified atom stereocenters. The van der Waals surface area contributed by atoms with Gasteiger partial charge >= 0.3 is 0 Å². The van der Waals surface area contributed by atoms with Crippen molar-refractivity contribution in [1.29, 1.82) is 0 Å². The molecule has 0 aromatic rings. The first kappa shape index (κ1) is 10.6. The van der Waals surface area contributed by atoms with Crippen molar-refractivity contribution in [2.45, 2.75) is 46.5 Å². The van der Waals surface area contributed by atoms with Gasteiger partial charge in [0.05, 0.1) is 0 Å². The van der Waals surface area contributed by atoms with E-state index < -0.39 is 0 Å². The molecule has 1 aliphatic rings. The first-order valence-electron chi connectivity index (χ1n) is 5.55. The lowest BCUT2D eigenvalue weighted by atomic mass is 9.72. The summed E-state index contributed by atoms with van der Waals surface area (Å²) in [7, 11) is 0. The van der Waals surface area contributed by atoms with Gasteiger partial charge in [0.15, 0.2) is 0 Å². The summed E-state index contributed by atoms with van der Waals surface area (Å²) in [6.45, 7) is 6.97. The standard InChI is InChI=1S/C13H22/c1-4-5-7-10-13(3)11-8-6-9-12(13)2/h6,8-9,11-12H,4-5,7,10H2,1-3H3. The van der Waals surface area contributed by atoms with Crippen LogP contribution >= 0.6 is 0 Å². The zero-order valence-corrected chi connectivity index (χ0v) is 9.22. The average Bonchev–Trinajstić information content (AvgIpc) is 2.11. The van der Waals surface area contributed by atoms with Gasteiger partial charge in [-0.05, 0) is 17.8 Å². The van der Waals surface area contributed by atoms with E-state index in [4.69, 9.17) is 0 Å². The van der Waals surface area contributed by atoms with Gasteiger partial charge in [0.25, 0.3) is 0 Å². The first-order valence-corrected chi connectivity index (χ1v) is 5.55. The van der Waals surface area contributed by atoms with Crippen LogP contribution in [0.4, 0.5) is 0 Å². The Morgan fingerprint density at radius 3 is 2.62 bits per heavy atom. The van der Waals surface area contributed by atoms with Crippen molar-refractivity contribution in [3.05, 3.63) is 24.3 Å². The molecule has 0 nitrogen and oxygen atoms in total. The van der Waals surface area contributed by atoms with E-state index in [1.807, 2.05) is 0 Å². The molecule has 0 fully saturated rings. The molecule has 0 saturated carbocycles. The maximum atomic E-state index is 2.38. The van der Waals surface area contributed by atoms with Crippen LogP contribution in [0.1, 0.15) is 46.5 Å². The largest absolute Gasteiger partial charge is 0.0809 e. The lowest BCUT2D eigenvalue weighted by molar-refractivity contribution is 0.288. The third-order valence-electron chi connectivity index (χ3n) is 3.35. The molecular weight excluding hydrogens is 156 g/mol. The fourth-order valence-electron chi connectivity index (χ4n) is 1.94. The maximum Gasteiger partial charge on any atom is -0.00832 e. The summed E-state index contributed by atoms with van der Waals surface area (Å²) in [4.78, 5) is 0. The Kier molecular flexibility index (Phi) is 3.77. The third-order valence-corrected chi connectivity index (χ3v) is 3.35. The second-order valence-corrected chi connectivity index (χ2v) is 4.50. The van der Waals surface area contributed by atoms with Crippen molar-refractivity contribution in [3.63, 3.8) is 0 Å². The van der Waals surface area contributed by atoms with Crippen LogP contribution in [0.15, 0.2) is 24.3 Å². The molecule has 0 heterocycles. The highest BCUT2D eigenvalue weighted by Crippen LogP contribution is 2.37. The fourth-order valence-corrected chi connectivity index (χ4v) is 1.94. The molecule has 2 atom stereocenters. The molecule has 1 rings (SSSR count). The molecule has 74 valence electrons. The molecule has 0 aliphatic heterocycles. The van der Waals surface area contributed by atoms with Crippen molar-refractivity contribution in [1.82, 2.24) is 0 Å². The van der Waals surface area contributed by atoms with E-state index in [1.165, 1.54) is 25.7 Å². The van der Waals surface area contributed by atoms with E-state index in [0.717, 1.165) is 0 Å². The maximum absolute atomic E-state index is 2.38. The molecule has 0 amide bonds. The fraction of sp³-hybridized carbons (Fsp3) is 0.692. The minimum Gasteiger partial charge on any atom is -0.0809 e. The van der Waals surface area contributed by atoms with E-state index >= 15 is 0 Å². The Morgan fingerprint density at radius 2 is 2.00 bits per heavy atom. The van der Waals surface area contributed by atoms with Gasteiger partial charge in [-0.25, -0.2) is 0 Å². The van der Waals surface area contributed by atoms with Gasteiger partial charge in [-0.1, -0.05) is 64.3 Å². The third kappa shape index (κ3) is 2.72. The number of hydrogen-bond donors (Lipinski definition) is 0. The Balaban J connectivity index is 2.45. The van der Waals surface area contributed by atoms with Crippen molar-refractivity contribution < 1.29 is 0 Å². The summed E-state index contributed by atoms with van der Waals surface area (Å²) >= 11 is 0. The predicted octanol–water partition coefficient (Wildman–Crippen LogP) is 4.34. The summed E-state index contributed by atoms with van der Waals surface area (Å²) in [6.07, 6.45) is 14.5. The number of unbranched alkanes of at least 4 members (excludes halogenated alkanes) is 2. The van der Waals surface area contributed by atoms with Crippen LogP contribution in [0.2, 0.25) is 0 Å². The van der Waals surface area contributed by atoms with Crippen molar-refractivity contribution >= 4 is 0 Å². The zero-order valence-electron chi connectivity index (χ0n) is 9.22. The molecule has 1 aliphatic carbocycles. The predicted molar refractivity (Wildman–Crippen MR) is 59.7 cm³/mol. The Bertz CT molecular complexity index is 200. The molecule has 13 heavy (non-hydrogen) atoms. The monoisotopic (exact) mass is 178 g/mol. The number of allylic oxidation sites excluding steroid dienone is 4. The normalized spacial score (nSPS) is 32.4. The highest BCUT2D eigenvalue weighted by Gasteiger charge is 2.26. The van der Waals surface area contributed by atoms with Gasteiger partial charge in [-0.2, -0.15) is 0 Å². The molecule has 0 heteroatoms. The van der Waals surface area contributed by atoms with E-state index in [9.17, 15) is 0 Å².